The number of phosphoric ester groups is 2. The maximum Gasteiger partial charge on any atom is 0.472 e. The van der Waals surface area contributed by atoms with Gasteiger partial charge >= 0.3 is 39.5 Å². The monoisotopic (exact) mass is 1330 g/mol. The molecule has 0 amide bonds. The van der Waals surface area contributed by atoms with E-state index < -0.39 is 97.5 Å². The number of ether oxygens (including phenoxy) is 4. The van der Waals surface area contributed by atoms with Gasteiger partial charge in [-0.05, 0) is 69.1 Å². The molecule has 0 aliphatic carbocycles. The van der Waals surface area contributed by atoms with Crippen molar-refractivity contribution in [2.24, 2.45) is 17.8 Å². The molecule has 0 radical (unpaired) electrons. The van der Waals surface area contributed by atoms with Gasteiger partial charge in [-0.15, -0.1) is 0 Å². The highest BCUT2D eigenvalue weighted by atomic mass is 31.2. The molecular formula is C72H136O17P2. The molecule has 0 aromatic heterocycles. The van der Waals surface area contributed by atoms with Crippen LogP contribution in [0.3, 0.4) is 0 Å². The van der Waals surface area contributed by atoms with Crippen LogP contribution in [0.1, 0.15) is 337 Å². The first-order valence-electron chi connectivity index (χ1n) is 36.7. The molecule has 0 bridgehead atoms. The quantitative estimate of drug-likeness (QED) is 0.0169. The molecule has 19 heteroatoms. The number of phosphoric acid groups is 2. The number of rotatable bonds is 68. The lowest BCUT2D eigenvalue weighted by Gasteiger charge is -2.21. The third-order valence-corrected chi connectivity index (χ3v) is 17.9. The predicted octanol–water partition coefficient (Wildman–Crippen LogP) is 20.2. The number of aliphatic hydroxyl groups is 1. The lowest BCUT2D eigenvalue weighted by atomic mass is 10.0. The molecule has 0 rings (SSSR count). The first-order valence-corrected chi connectivity index (χ1v) is 39.7. The van der Waals surface area contributed by atoms with Crippen LogP contribution in [0.2, 0.25) is 0 Å². The van der Waals surface area contributed by atoms with Gasteiger partial charge in [-0.2, -0.15) is 0 Å². The van der Waals surface area contributed by atoms with Crippen LogP contribution in [0.4, 0.5) is 0 Å². The Kier molecular flexibility index (Phi) is 60.7. The Morgan fingerprint density at radius 1 is 0.341 bits per heavy atom. The van der Waals surface area contributed by atoms with Gasteiger partial charge in [0, 0.05) is 25.7 Å². The molecule has 0 spiro atoms. The fourth-order valence-corrected chi connectivity index (χ4v) is 11.9. The molecule has 0 aliphatic heterocycles. The first-order chi connectivity index (χ1) is 43.7. The van der Waals surface area contributed by atoms with E-state index in [-0.39, 0.29) is 25.7 Å². The highest BCUT2D eigenvalue weighted by Crippen LogP contribution is 2.45. The van der Waals surface area contributed by atoms with Crippen LogP contribution < -0.4 is 0 Å². The van der Waals surface area contributed by atoms with Crippen LogP contribution in [0, 0.1) is 17.8 Å². The Hall–Kier alpha value is -2.46. The average Bonchev–Trinajstić information content (AvgIpc) is 3.65. The maximum absolute atomic E-state index is 13.0. The van der Waals surface area contributed by atoms with E-state index in [1.54, 1.807) is 0 Å². The molecule has 3 unspecified atom stereocenters. The number of hydrogen-bond acceptors (Lipinski definition) is 15. The SMILES string of the molecule is CCCCCC/C=C\C=C/CCCCCCCC(=O)OC[C@H](COP(=O)(O)OCC(O)COP(=O)(O)OC[C@@H](COC(=O)CCCCCCCCCC(C)C)OC(=O)CCCCCCCCCCCCCCC(C)C)OC(=O)CCCCCCCCCCC(C)C. The van der Waals surface area contributed by atoms with Crippen molar-refractivity contribution >= 4 is 39.5 Å². The fraction of sp³-hybridized carbons (Fsp3) is 0.889. The average molecular weight is 1340 g/mol. The largest absolute Gasteiger partial charge is 0.472 e. The summed E-state index contributed by atoms with van der Waals surface area (Å²) in [6.45, 7) is 11.7. The van der Waals surface area contributed by atoms with Crippen LogP contribution in [-0.4, -0.2) is 96.7 Å². The summed E-state index contributed by atoms with van der Waals surface area (Å²) in [5.74, 6) is 0.0372. The van der Waals surface area contributed by atoms with Gasteiger partial charge in [-0.25, -0.2) is 9.13 Å². The first kappa shape index (κ1) is 88.5. The molecule has 0 saturated carbocycles. The minimum absolute atomic E-state index is 0.0972. The van der Waals surface area contributed by atoms with Crippen LogP contribution >= 0.6 is 15.6 Å². The summed E-state index contributed by atoms with van der Waals surface area (Å²) in [7, 11) is -9.92. The van der Waals surface area contributed by atoms with E-state index >= 15 is 0 Å². The number of esters is 4. The van der Waals surface area contributed by atoms with Gasteiger partial charge in [0.1, 0.15) is 19.3 Å². The zero-order chi connectivity index (χ0) is 67.3. The second-order valence-electron chi connectivity index (χ2n) is 26.7. The summed E-state index contributed by atoms with van der Waals surface area (Å²) in [6.07, 6.45) is 49.5. The zero-order valence-electron chi connectivity index (χ0n) is 58.8. The molecule has 91 heavy (non-hydrogen) atoms. The van der Waals surface area contributed by atoms with Gasteiger partial charge < -0.3 is 33.8 Å². The summed E-state index contributed by atoms with van der Waals surface area (Å²) in [5, 5.41) is 10.6. The van der Waals surface area contributed by atoms with Crippen LogP contribution in [0.25, 0.3) is 0 Å². The van der Waals surface area contributed by atoms with Crippen molar-refractivity contribution in [1.29, 1.82) is 0 Å². The van der Waals surface area contributed by atoms with E-state index in [1.807, 2.05) is 0 Å². The number of allylic oxidation sites excluding steroid dienone is 4. The zero-order valence-corrected chi connectivity index (χ0v) is 60.6. The lowest BCUT2D eigenvalue weighted by Crippen LogP contribution is -2.30. The molecule has 17 nitrogen and oxygen atoms in total. The standard InChI is InChI=1S/C72H136O17P2/c1-8-9-10-11-12-13-14-15-16-17-21-24-32-39-46-53-69(74)82-59-67(89-72(77)56-49-42-34-27-26-30-37-44-51-64(4)5)61-86-90(78,79)84-57-66(73)58-85-91(80,81)87-62-68(60-83-70(75)54-47-40-35-28-31-38-45-52-65(6)7)88-71(76)55-48-41-33-25-22-19-18-20-23-29-36-43-50-63(2)3/h13-16,63-68,73H,8-12,17-62H2,1-7H3,(H,78,79)(H,80,81)/b14-13-,16-15-/t66?,67-,68-/m1/s1. The smallest absolute Gasteiger partial charge is 0.462 e. The van der Waals surface area contributed by atoms with Crippen molar-refractivity contribution in [2.45, 2.75) is 356 Å². The summed E-state index contributed by atoms with van der Waals surface area (Å²) in [4.78, 5) is 72.6. The molecule has 536 valence electrons. The fourth-order valence-electron chi connectivity index (χ4n) is 10.4. The normalized spacial score (nSPS) is 14.3. The Bertz CT molecular complexity index is 1880. The number of carbonyl (C=O) groups excluding carboxylic acids is 4. The third kappa shape index (κ3) is 66.0. The van der Waals surface area contributed by atoms with E-state index in [0.29, 0.717) is 37.5 Å². The van der Waals surface area contributed by atoms with Crippen molar-refractivity contribution in [2.75, 3.05) is 39.6 Å². The van der Waals surface area contributed by atoms with E-state index in [1.165, 1.54) is 122 Å². The molecule has 3 N–H and O–H groups in total. The van der Waals surface area contributed by atoms with Crippen molar-refractivity contribution in [3.05, 3.63) is 24.3 Å². The molecule has 5 atom stereocenters. The predicted molar refractivity (Wildman–Crippen MR) is 367 cm³/mol. The molecule has 0 aromatic carbocycles. The summed E-state index contributed by atoms with van der Waals surface area (Å²) >= 11 is 0. The topological polar surface area (TPSA) is 237 Å². The van der Waals surface area contributed by atoms with E-state index in [9.17, 15) is 43.2 Å². The maximum atomic E-state index is 13.0. The minimum atomic E-state index is -4.96. The number of aliphatic hydroxyl groups excluding tert-OH is 1. The van der Waals surface area contributed by atoms with E-state index in [0.717, 1.165) is 121 Å². The van der Waals surface area contributed by atoms with Gasteiger partial charge in [-0.1, -0.05) is 285 Å². The van der Waals surface area contributed by atoms with E-state index in [2.05, 4.69) is 72.8 Å². The number of unbranched alkanes of at least 4 members (excludes halogenated alkanes) is 33. The van der Waals surface area contributed by atoms with Crippen molar-refractivity contribution < 1.29 is 80.2 Å². The van der Waals surface area contributed by atoms with Crippen LogP contribution in [0.15, 0.2) is 24.3 Å². The van der Waals surface area contributed by atoms with Gasteiger partial charge in [0.15, 0.2) is 12.2 Å². The highest BCUT2D eigenvalue weighted by molar-refractivity contribution is 7.47. The summed E-state index contributed by atoms with van der Waals surface area (Å²) in [6, 6.07) is 0. The van der Waals surface area contributed by atoms with Crippen LogP contribution in [0.5, 0.6) is 0 Å². The third-order valence-electron chi connectivity index (χ3n) is 16.0. The molecular weight excluding hydrogens is 1200 g/mol. The molecule has 0 heterocycles. The Morgan fingerprint density at radius 2 is 0.593 bits per heavy atom. The van der Waals surface area contributed by atoms with Crippen LogP contribution in [-0.2, 0) is 65.4 Å². The van der Waals surface area contributed by atoms with E-state index in [4.69, 9.17) is 37.0 Å². The molecule has 0 fully saturated rings. The van der Waals surface area contributed by atoms with Gasteiger partial charge in [-0.3, -0.25) is 37.3 Å². The Morgan fingerprint density at radius 3 is 0.890 bits per heavy atom. The van der Waals surface area contributed by atoms with Gasteiger partial charge in [0.05, 0.1) is 26.4 Å². The Labute approximate surface area is 554 Å². The van der Waals surface area contributed by atoms with Crippen molar-refractivity contribution in [3.63, 3.8) is 0 Å². The van der Waals surface area contributed by atoms with Crippen molar-refractivity contribution in [1.82, 2.24) is 0 Å². The Balaban J connectivity index is 5.27. The number of hydrogen-bond donors (Lipinski definition) is 3. The van der Waals surface area contributed by atoms with Crippen molar-refractivity contribution in [3.8, 4) is 0 Å². The molecule has 0 aromatic rings. The minimum Gasteiger partial charge on any atom is -0.462 e. The highest BCUT2D eigenvalue weighted by Gasteiger charge is 2.30. The van der Waals surface area contributed by atoms with Gasteiger partial charge in [0.2, 0.25) is 0 Å². The molecule has 0 saturated heterocycles. The second kappa shape index (κ2) is 62.4. The second-order valence-corrected chi connectivity index (χ2v) is 29.6. The molecule has 0 aliphatic rings. The van der Waals surface area contributed by atoms with Gasteiger partial charge in [0.25, 0.3) is 0 Å². The summed E-state index contributed by atoms with van der Waals surface area (Å²) < 4.78 is 68.3. The number of carbonyl (C=O) groups is 4. The lowest BCUT2D eigenvalue weighted by molar-refractivity contribution is -0.161. The summed E-state index contributed by atoms with van der Waals surface area (Å²) in [5.41, 5.74) is 0.